The zero-order valence-corrected chi connectivity index (χ0v) is 13.9. The van der Waals surface area contributed by atoms with Crippen molar-refractivity contribution in [2.45, 2.75) is 37.7 Å². The molecule has 0 heterocycles. The van der Waals surface area contributed by atoms with Crippen molar-refractivity contribution < 1.29 is 18.7 Å². The van der Waals surface area contributed by atoms with Crippen LogP contribution in [0.3, 0.4) is 0 Å². The van der Waals surface area contributed by atoms with Crippen molar-refractivity contribution in [3.05, 3.63) is 65.5 Å². The van der Waals surface area contributed by atoms with Crippen LogP contribution in [-0.2, 0) is 14.9 Å². The van der Waals surface area contributed by atoms with Gasteiger partial charge in [0.1, 0.15) is 17.7 Å². The molecule has 24 heavy (non-hydrogen) atoms. The summed E-state index contributed by atoms with van der Waals surface area (Å²) in [6.07, 6.45) is 1.69. The minimum atomic E-state index is -0.847. The molecular formula is C20H21FO3. The zero-order chi connectivity index (χ0) is 17.2. The second-order valence-corrected chi connectivity index (χ2v) is 6.28. The fraction of sp³-hybridized carbons (Fsp3) is 0.350. The summed E-state index contributed by atoms with van der Waals surface area (Å²) in [5, 5.41) is 0. The summed E-state index contributed by atoms with van der Waals surface area (Å²) in [5.74, 6) is 0.151. The largest absolute Gasteiger partial charge is 0.490 e. The number of benzene rings is 2. The highest BCUT2D eigenvalue weighted by molar-refractivity contribution is 5.84. The molecule has 0 amide bonds. The summed E-state index contributed by atoms with van der Waals surface area (Å²) < 4.78 is 25.1. The van der Waals surface area contributed by atoms with E-state index in [9.17, 15) is 9.18 Å². The van der Waals surface area contributed by atoms with E-state index >= 15 is 0 Å². The number of carbonyl (C=O) groups is 1. The van der Waals surface area contributed by atoms with Crippen molar-refractivity contribution in [1.29, 1.82) is 0 Å². The molecule has 0 aliphatic heterocycles. The van der Waals surface area contributed by atoms with Gasteiger partial charge in [0.05, 0.1) is 12.5 Å². The second-order valence-electron chi connectivity index (χ2n) is 6.28. The van der Waals surface area contributed by atoms with Gasteiger partial charge in [-0.25, -0.2) is 4.39 Å². The number of methoxy groups -OCH3 is 1. The Bertz CT molecular complexity index is 729. The lowest BCUT2D eigenvalue weighted by molar-refractivity contribution is -0.147. The van der Waals surface area contributed by atoms with Gasteiger partial charge in [-0.05, 0) is 49.1 Å². The number of rotatable bonds is 4. The van der Waals surface area contributed by atoms with E-state index in [4.69, 9.17) is 9.47 Å². The van der Waals surface area contributed by atoms with Gasteiger partial charge in [-0.1, -0.05) is 30.3 Å². The third-order valence-corrected chi connectivity index (χ3v) is 4.87. The Balaban J connectivity index is 1.91. The first-order valence-corrected chi connectivity index (χ1v) is 8.12. The maximum absolute atomic E-state index is 14.0. The number of esters is 1. The van der Waals surface area contributed by atoms with Crippen molar-refractivity contribution in [3.8, 4) is 5.75 Å². The van der Waals surface area contributed by atoms with E-state index in [1.807, 2.05) is 36.4 Å². The quantitative estimate of drug-likeness (QED) is 0.790. The van der Waals surface area contributed by atoms with Gasteiger partial charge < -0.3 is 9.47 Å². The van der Waals surface area contributed by atoms with Crippen LogP contribution in [0.4, 0.5) is 4.39 Å². The molecule has 2 aromatic carbocycles. The van der Waals surface area contributed by atoms with Crippen LogP contribution in [0.25, 0.3) is 0 Å². The molecule has 0 unspecified atom stereocenters. The predicted molar refractivity (Wildman–Crippen MR) is 89.5 cm³/mol. The van der Waals surface area contributed by atoms with Gasteiger partial charge >= 0.3 is 5.97 Å². The number of halogens is 1. The van der Waals surface area contributed by atoms with Gasteiger partial charge in [-0.2, -0.15) is 0 Å². The molecule has 1 fully saturated rings. The molecule has 0 N–H and O–H groups in total. The molecular weight excluding hydrogens is 307 g/mol. The first-order valence-electron chi connectivity index (χ1n) is 8.12. The average molecular weight is 328 g/mol. The maximum Gasteiger partial charge on any atom is 0.316 e. The molecule has 0 saturated heterocycles. The maximum atomic E-state index is 14.0. The predicted octanol–water partition coefficient (Wildman–Crippen LogP) is 4.18. The van der Waals surface area contributed by atoms with Crippen molar-refractivity contribution in [2.24, 2.45) is 0 Å². The number of hydrogen-bond acceptors (Lipinski definition) is 3. The van der Waals surface area contributed by atoms with Gasteiger partial charge in [0, 0.05) is 6.42 Å². The minimum absolute atomic E-state index is 0.103. The van der Waals surface area contributed by atoms with Crippen LogP contribution in [0.1, 0.15) is 30.4 Å². The number of para-hydroxylation sites is 1. The third kappa shape index (κ3) is 2.88. The van der Waals surface area contributed by atoms with Gasteiger partial charge in [-0.15, -0.1) is 0 Å². The summed E-state index contributed by atoms with van der Waals surface area (Å²) in [7, 11) is 1.38. The molecule has 1 aliphatic carbocycles. The van der Waals surface area contributed by atoms with E-state index in [0.29, 0.717) is 24.0 Å². The topological polar surface area (TPSA) is 35.5 Å². The highest BCUT2D eigenvalue weighted by Crippen LogP contribution is 2.45. The minimum Gasteiger partial charge on any atom is -0.490 e. The van der Waals surface area contributed by atoms with Gasteiger partial charge in [-0.3, -0.25) is 4.79 Å². The molecule has 1 aliphatic rings. The normalized spacial score (nSPS) is 23.0. The Morgan fingerprint density at radius 1 is 1.17 bits per heavy atom. The third-order valence-electron chi connectivity index (χ3n) is 4.87. The molecule has 3 rings (SSSR count). The molecule has 0 bridgehead atoms. The number of hydrogen-bond donors (Lipinski definition) is 0. The first kappa shape index (κ1) is 16.5. The van der Waals surface area contributed by atoms with E-state index in [0.717, 1.165) is 12.2 Å². The van der Waals surface area contributed by atoms with Crippen molar-refractivity contribution >= 4 is 5.97 Å². The summed E-state index contributed by atoms with van der Waals surface area (Å²) in [5.41, 5.74) is 0.359. The molecule has 3 nitrogen and oxygen atoms in total. The van der Waals surface area contributed by atoms with Crippen molar-refractivity contribution in [3.63, 3.8) is 0 Å². The molecule has 2 atom stereocenters. The van der Waals surface area contributed by atoms with Crippen LogP contribution in [0.2, 0.25) is 0 Å². The Morgan fingerprint density at radius 3 is 2.62 bits per heavy atom. The second kappa shape index (κ2) is 6.63. The Hall–Kier alpha value is -2.36. The van der Waals surface area contributed by atoms with Crippen molar-refractivity contribution in [1.82, 2.24) is 0 Å². The lowest BCUT2D eigenvalue weighted by Gasteiger charge is -2.28. The van der Waals surface area contributed by atoms with Gasteiger partial charge in [0.15, 0.2) is 0 Å². The molecule has 2 aromatic rings. The molecule has 0 aromatic heterocycles. The summed E-state index contributed by atoms with van der Waals surface area (Å²) in [6.45, 7) is 1.71. The van der Waals surface area contributed by atoms with Crippen LogP contribution in [-0.4, -0.2) is 19.2 Å². The van der Waals surface area contributed by atoms with E-state index < -0.39 is 5.41 Å². The Morgan fingerprint density at radius 2 is 1.92 bits per heavy atom. The zero-order valence-electron chi connectivity index (χ0n) is 13.9. The van der Waals surface area contributed by atoms with Gasteiger partial charge in [0.25, 0.3) is 0 Å². The summed E-state index contributed by atoms with van der Waals surface area (Å²) in [4.78, 5) is 12.6. The Labute approximate surface area is 141 Å². The summed E-state index contributed by atoms with van der Waals surface area (Å²) >= 11 is 0. The molecule has 4 heteroatoms. The monoisotopic (exact) mass is 328 g/mol. The SMILES string of the molecule is COC(=O)[C@@]1(c2cccc(F)c2C)CC[C@@H](Oc2ccccc2)C1. The molecule has 126 valence electrons. The highest BCUT2D eigenvalue weighted by Gasteiger charge is 2.49. The van der Waals surface area contributed by atoms with Crippen LogP contribution >= 0.6 is 0 Å². The van der Waals surface area contributed by atoms with Crippen LogP contribution in [0.5, 0.6) is 5.75 Å². The molecule has 0 spiro atoms. The standard InChI is InChI=1S/C20H21FO3/c1-14-17(9-6-10-18(14)21)20(19(22)23-2)12-11-16(13-20)24-15-7-4-3-5-8-15/h3-10,16H,11-13H2,1-2H3/t16-,20+/m1/s1. The highest BCUT2D eigenvalue weighted by atomic mass is 19.1. The van der Waals surface area contributed by atoms with E-state index in [1.165, 1.54) is 13.2 Å². The lowest BCUT2D eigenvalue weighted by Crippen LogP contribution is -2.36. The first-order chi connectivity index (χ1) is 11.6. The van der Waals surface area contributed by atoms with Crippen LogP contribution in [0, 0.1) is 12.7 Å². The Kier molecular flexibility index (Phi) is 4.56. The molecule has 0 radical (unpaired) electrons. The van der Waals surface area contributed by atoms with E-state index in [1.54, 1.807) is 13.0 Å². The van der Waals surface area contributed by atoms with Crippen LogP contribution in [0.15, 0.2) is 48.5 Å². The van der Waals surface area contributed by atoms with Crippen LogP contribution < -0.4 is 4.74 Å². The number of ether oxygens (including phenoxy) is 2. The smallest absolute Gasteiger partial charge is 0.316 e. The molecule has 1 saturated carbocycles. The number of carbonyl (C=O) groups excluding carboxylic acids is 1. The fourth-order valence-electron chi connectivity index (χ4n) is 3.65. The van der Waals surface area contributed by atoms with Crippen molar-refractivity contribution in [2.75, 3.05) is 7.11 Å². The summed E-state index contributed by atoms with van der Waals surface area (Å²) in [6, 6.07) is 14.4. The average Bonchev–Trinajstić information content (AvgIpc) is 3.02. The van der Waals surface area contributed by atoms with E-state index in [-0.39, 0.29) is 17.9 Å². The van der Waals surface area contributed by atoms with Gasteiger partial charge in [0.2, 0.25) is 0 Å². The lowest BCUT2D eigenvalue weighted by atomic mass is 9.76. The van der Waals surface area contributed by atoms with E-state index in [2.05, 4.69) is 0 Å². The fourth-order valence-corrected chi connectivity index (χ4v) is 3.65.